The van der Waals surface area contributed by atoms with E-state index in [1.165, 1.54) is 0 Å². The van der Waals surface area contributed by atoms with Crippen LogP contribution in [0, 0.1) is 0 Å². The number of nitrogens with one attached hydrogen (secondary N) is 2. The monoisotopic (exact) mass is 306 g/mol. The maximum atomic E-state index is 10.6. The molecule has 0 spiro atoms. The molecule has 2 aromatic heterocycles. The zero-order chi connectivity index (χ0) is 16.2. The van der Waals surface area contributed by atoms with Gasteiger partial charge in [-0.15, -0.1) is 0 Å². The molecule has 2 heterocycles. The van der Waals surface area contributed by atoms with Crippen LogP contribution in [0.25, 0.3) is 16.9 Å². The van der Waals surface area contributed by atoms with Gasteiger partial charge >= 0.3 is 0 Å². The number of amides is 1. The van der Waals surface area contributed by atoms with Gasteiger partial charge < -0.3 is 10.6 Å². The minimum atomic E-state index is -0.128. The molecule has 116 valence electrons. The average molecular weight is 306 g/mol. The first-order valence-electron chi connectivity index (χ1n) is 7.33. The van der Waals surface area contributed by atoms with Crippen LogP contribution in [0.5, 0.6) is 0 Å². The van der Waals surface area contributed by atoms with E-state index in [9.17, 15) is 4.79 Å². The van der Waals surface area contributed by atoms with Crippen molar-refractivity contribution in [2.45, 2.75) is 6.04 Å². The fraction of sp³-hybridized carbons (Fsp3) is 0.111. The van der Waals surface area contributed by atoms with Gasteiger partial charge in [-0.25, -0.2) is 4.98 Å². The standard InChI is InChI=1S/C18H18N4O/c1-13(21-12-23)18(19-2)15-8-6-14(7-9-15)16-11-20-17-5-3-4-10-22(16)17/h3-12,18-19H,1H2,2H3,(H,21,23). The Hall–Kier alpha value is -2.92. The summed E-state index contributed by atoms with van der Waals surface area (Å²) in [7, 11) is 1.83. The Kier molecular flexibility index (Phi) is 4.21. The summed E-state index contributed by atoms with van der Waals surface area (Å²) in [5, 5.41) is 5.76. The molecule has 0 saturated carbocycles. The normalized spacial score (nSPS) is 12.0. The molecule has 3 rings (SSSR count). The Morgan fingerprint density at radius 3 is 2.74 bits per heavy atom. The molecule has 0 aliphatic rings. The van der Waals surface area contributed by atoms with Gasteiger partial charge in [0.2, 0.25) is 6.41 Å². The summed E-state index contributed by atoms with van der Waals surface area (Å²) in [4.78, 5) is 15.0. The molecule has 1 amide bonds. The molecule has 0 bridgehead atoms. The molecule has 2 N–H and O–H groups in total. The lowest BCUT2D eigenvalue weighted by Gasteiger charge is -2.18. The third kappa shape index (κ3) is 2.86. The largest absolute Gasteiger partial charge is 0.331 e. The summed E-state index contributed by atoms with van der Waals surface area (Å²) in [6.45, 7) is 3.89. The molecule has 3 aromatic rings. The van der Waals surface area contributed by atoms with Gasteiger partial charge in [-0.05, 0) is 24.7 Å². The third-order valence-corrected chi connectivity index (χ3v) is 3.84. The van der Waals surface area contributed by atoms with Crippen LogP contribution in [0.2, 0.25) is 0 Å². The molecule has 23 heavy (non-hydrogen) atoms. The Balaban J connectivity index is 1.92. The molecule has 0 aliphatic heterocycles. The van der Waals surface area contributed by atoms with Gasteiger partial charge in [0.1, 0.15) is 5.65 Å². The van der Waals surface area contributed by atoms with Gasteiger partial charge in [0.05, 0.1) is 17.9 Å². The zero-order valence-corrected chi connectivity index (χ0v) is 12.9. The number of fused-ring (bicyclic) bond motifs is 1. The second-order valence-corrected chi connectivity index (χ2v) is 5.20. The highest BCUT2D eigenvalue weighted by Crippen LogP contribution is 2.24. The molecule has 1 atom stereocenters. The number of hydrogen-bond acceptors (Lipinski definition) is 3. The Bertz CT molecular complexity index is 836. The van der Waals surface area contributed by atoms with Crippen molar-refractivity contribution in [1.29, 1.82) is 0 Å². The van der Waals surface area contributed by atoms with Gasteiger partial charge in [0.25, 0.3) is 0 Å². The molecular formula is C18H18N4O. The fourth-order valence-corrected chi connectivity index (χ4v) is 2.69. The van der Waals surface area contributed by atoms with E-state index >= 15 is 0 Å². The first-order chi connectivity index (χ1) is 11.2. The van der Waals surface area contributed by atoms with E-state index in [1.807, 2.05) is 61.9 Å². The van der Waals surface area contributed by atoms with Crippen molar-refractivity contribution in [2.75, 3.05) is 7.05 Å². The van der Waals surface area contributed by atoms with E-state index in [2.05, 4.69) is 26.6 Å². The maximum absolute atomic E-state index is 10.6. The van der Waals surface area contributed by atoms with Crippen molar-refractivity contribution in [3.05, 3.63) is 72.7 Å². The number of likely N-dealkylation sites (N-methyl/N-ethyl adjacent to an activating group) is 1. The summed E-state index contributed by atoms with van der Waals surface area (Å²) in [6.07, 6.45) is 4.50. The number of pyridine rings is 1. The zero-order valence-electron chi connectivity index (χ0n) is 12.9. The van der Waals surface area contributed by atoms with Crippen LogP contribution in [-0.2, 0) is 4.79 Å². The summed E-state index contributed by atoms with van der Waals surface area (Å²) in [5.74, 6) is 0. The van der Waals surface area contributed by atoms with Gasteiger partial charge in [0, 0.05) is 17.5 Å². The summed E-state index contributed by atoms with van der Waals surface area (Å²) >= 11 is 0. The molecule has 0 saturated heterocycles. The highest BCUT2D eigenvalue weighted by Gasteiger charge is 2.13. The van der Waals surface area contributed by atoms with Crippen molar-refractivity contribution in [1.82, 2.24) is 20.0 Å². The Labute approximate surface area is 134 Å². The van der Waals surface area contributed by atoms with Gasteiger partial charge in [0.15, 0.2) is 0 Å². The molecule has 0 fully saturated rings. The first kappa shape index (κ1) is 15.0. The van der Waals surface area contributed by atoms with Crippen LogP contribution in [0.15, 0.2) is 67.1 Å². The highest BCUT2D eigenvalue weighted by atomic mass is 16.1. The van der Waals surface area contributed by atoms with E-state index in [4.69, 9.17) is 0 Å². The summed E-state index contributed by atoms with van der Waals surface area (Å²) in [6, 6.07) is 13.9. The van der Waals surface area contributed by atoms with Gasteiger partial charge in [-0.2, -0.15) is 0 Å². The van der Waals surface area contributed by atoms with Gasteiger partial charge in [-0.1, -0.05) is 36.9 Å². The van der Waals surface area contributed by atoms with Crippen LogP contribution < -0.4 is 10.6 Å². The SMILES string of the molecule is C=C(NC=O)C(NC)c1ccc(-c2cnc3ccccn23)cc1. The van der Waals surface area contributed by atoms with Gasteiger partial charge in [-0.3, -0.25) is 9.20 Å². The molecule has 0 aliphatic carbocycles. The average Bonchev–Trinajstić information content (AvgIpc) is 3.00. The number of carbonyl (C=O) groups is 1. The van der Waals surface area contributed by atoms with Crippen molar-refractivity contribution in [3.63, 3.8) is 0 Å². The quantitative estimate of drug-likeness (QED) is 0.688. The lowest BCUT2D eigenvalue weighted by molar-refractivity contribution is -0.109. The number of hydrogen-bond donors (Lipinski definition) is 2. The van der Waals surface area contributed by atoms with Crippen molar-refractivity contribution in [3.8, 4) is 11.3 Å². The highest BCUT2D eigenvalue weighted by molar-refractivity contribution is 5.64. The molecule has 1 unspecified atom stereocenters. The topological polar surface area (TPSA) is 58.4 Å². The number of rotatable bonds is 6. The minimum absolute atomic E-state index is 0.128. The predicted molar refractivity (Wildman–Crippen MR) is 90.8 cm³/mol. The van der Waals surface area contributed by atoms with Crippen molar-refractivity contribution in [2.24, 2.45) is 0 Å². The van der Waals surface area contributed by atoms with E-state index < -0.39 is 0 Å². The molecule has 0 radical (unpaired) electrons. The first-order valence-corrected chi connectivity index (χ1v) is 7.33. The second kappa shape index (κ2) is 6.46. The lowest BCUT2D eigenvalue weighted by Crippen LogP contribution is -2.25. The summed E-state index contributed by atoms with van der Waals surface area (Å²) < 4.78 is 2.05. The minimum Gasteiger partial charge on any atom is -0.331 e. The second-order valence-electron chi connectivity index (χ2n) is 5.20. The number of imidazole rings is 1. The van der Waals surface area contributed by atoms with Crippen molar-refractivity contribution < 1.29 is 4.79 Å². The van der Waals surface area contributed by atoms with Crippen LogP contribution in [0.3, 0.4) is 0 Å². The third-order valence-electron chi connectivity index (χ3n) is 3.84. The van der Waals surface area contributed by atoms with Crippen LogP contribution in [0.4, 0.5) is 0 Å². The Morgan fingerprint density at radius 1 is 1.26 bits per heavy atom. The molecule has 5 heteroatoms. The predicted octanol–water partition coefficient (Wildman–Crippen LogP) is 2.52. The maximum Gasteiger partial charge on any atom is 0.211 e. The molecule has 5 nitrogen and oxygen atoms in total. The van der Waals surface area contributed by atoms with E-state index in [0.29, 0.717) is 12.1 Å². The Morgan fingerprint density at radius 2 is 2.04 bits per heavy atom. The van der Waals surface area contributed by atoms with E-state index in [1.54, 1.807) is 0 Å². The lowest BCUT2D eigenvalue weighted by atomic mass is 10.0. The van der Waals surface area contributed by atoms with Crippen molar-refractivity contribution >= 4 is 12.1 Å². The number of carbonyl (C=O) groups excluding carboxylic acids is 1. The fourth-order valence-electron chi connectivity index (χ4n) is 2.69. The summed E-state index contributed by atoms with van der Waals surface area (Å²) in [5.41, 5.74) is 4.69. The van der Waals surface area contributed by atoms with Crippen LogP contribution >= 0.6 is 0 Å². The molecule has 1 aromatic carbocycles. The number of nitrogens with zero attached hydrogens (tertiary/aromatic N) is 2. The van der Waals surface area contributed by atoms with Crippen LogP contribution in [0.1, 0.15) is 11.6 Å². The smallest absolute Gasteiger partial charge is 0.211 e. The number of aromatic nitrogens is 2. The van der Waals surface area contributed by atoms with E-state index in [-0.39, 0.29) is 6.04 Å². The van der Waals surface area contributed by atoms with Crippen LogP contribution in [-0.4, -0.2) is 22.8 Å². The number of benzene rings is 1. The van der Waals surface area contributed by atoms with E-state index in [0.717, 1.165) is 22.5 Å². The molecular weight excluding hydrogens is 288 g/mol.